The Morgan fingerprint density at radius 3 is 2.52 bits per heavy atom. The van der Waals surface area contributed by atoms with Crippen LogP contribution in [0.1, 0.15) is 12.3 Å². The molecule has 0 atom stereocenters. The van der Waals surface area contributed by atoms with Crippen molar-refractivity contribution in [2.75, 3.05) is 5.32 Å². The molecule has 0 saturated heterocycles. The average molecular weight is 397 g/mol. The third-order valence-corrected chi connectivity index (χ3v) is 4.21. The van der Waals surface area contributed by atoms with Gasteiger partial charge in [0.1, 0.15) is 0 Å². The normalized spacial score (nSPS) is 10.7. The molecule has 0 bridgehead atoms. The monoisotopic (exact) mass is 395 g/mol. The number of anilines is 1. The molecule has 0 aliphatic carbocycles. The van der Waals surface area contributed by atoms with Gasteiger partial charge < -0.3 is 9.84 Å². The minimum Gasteiger partial charge on any atom is -0.339 e. The molecule has 0 unspecified atom stereocenters. The predicted molar refractivity (Wildman–Crippen MR) is 98.2 cm³/mol. The molecule has 3 rings (SSSR count). The molecule has 8 heteroatoms. The largest absolute Gasteiger partial charge is 0.339 e. The maximum absolute atomic E-state index is 12.1. The molecule has 0 spiro atoms. The maximum Gasteiger partial charge on any atom is 0.227 e. The van der Waals surface area contributed by atoms with Crippen molar-refractivity contribution in [2.45, 2.75) is 12.8 Å². The Balaban J connectivity index is 1.61. The SMILES string of the molecule is O=C(CCc1nc(-c2cccc(Cl)c2)no1)Nc1c(Cl)cccc1Cl. The van der Waals surface area contributed by atoms with Crippen LogP contribution in [0, 0.1) is 0 Å². The maximum atomic E-state index is 12.1. The van der Waals surface area contributed by atoms with Gasteiger partial charge >= 0.3 is 0 Å². The first-order chi connectivity index (χ1) is 12.0. The Morgan fingerprint density at radius 1 is 1.08 bits per heavy atom. The first-order valence-corrected chi connectivity index (χ1v) is 8.48. The summed E-state index contributed by atoms with van der Waals surface area (Å²) >= 11 is 18.0. The zero-order valence-electron chi connectivity index (χ0n) is 12.8. The smallest absolute Gasteiger partial charge is 0.227 e. The number of carbonyl (C=O) groups is 1. The lowest BCUT2D eigenvalue weighted by atomic mass is 10.2. The van der Waals surface area contributed by atoms with Crippen LogP contribution in [-0.2, 0) is 11.2 Å². The number of nitrogens with one attached hydrogen (secondary N) is 1. The second-order valence-electron chi connectivity index (χ2n) is 5.17. The average Bonchev–Trinajstić information content (AvgIpc) is 3.06. The van der Waals surface area contributed by atoms with E-state index >= 15 is 0 Å². The summed E-state index contributed by atoms with van der Waals surface area (Å²) in [5.41, 5.74) is 1.13. The molecule has 0 aliphatic heterocycles. The molecule has 1 heterocycles. The number of nitrogens with zero attached hydrogens (tertiary/aromatic N) is 2. The fraction of sp³-hybridized carbons (Fsp3) is 0.118. The van der Waals surface area contributed by atoms with E-state index < -0.39 is 0 Å². The van der Waals surface area contributed by atoms with E-state index in [9.17, 15) is 4.79 Å². The summed E-state index contributed by atoms with van der Waals surface area (Å²) in [4.78, 5) is 16.3. The van der Waals surface area contributed by atoms with Crippen molar-refractivity contribution >= 4 is 46.4 Å². The number of hydrogen-bond acceptors (Lipinski definition) is 4. The Labute approximate surface area is 158 Å². The highest BCUT2D eigenvalue weighted by Crippen LogP contribution is 2.30. The van der Waals surface area contributed by atoms with Crippen LogP contribution in [0.5, 0.6) is 0 Å². The molecule has 128 valence electrons. The number of rotatable bonds is 5. The summed E-state index contributed by atoms with van der Waals surface area (Å²) in [6.07, 6.45) is 0.445. The third-order valence-electron chi connectivity index (χ3n) is 3.34. The molecule has 0 fully saturated rings. The number of aryl methyl sites for hydroxylation is 1. The number of aromatic nitrogens is 2. The lowest BCUT2D eigenvalue weighted by Gasteiger charge is -2.08. The minimum absolute atomic E-state index is 0.152. The molecule has 1 amide bonds. The van der Waals surface area contributed by atoms with E-state index in [2.05, 4.69) is 15.5 Å². The van der Waals surface area contributed by atoms with Crippen LogP contribution >= 0.6 is 34.8 Å². The molecule has 1 aromatic heterocycles. The van der Waals surface area contributed by atoms with Gasteiger partial charge in [-0.2, -0.15) is 4.98 Å². The molecule has 5 nitrogen and oxygen atoms in total. The second-order valence-corrected chi connectivity index (χ2v) is 6.42. The van der Waals surface area contributed by atoms with Gasteiger partial charge in [0.05, 0.1) is 15.7 Å². The van der Waals surface area contributed by atoms with Gasteiger partial charge in [-0.25, -0.2) is 0 Å². The zero-order chi connectivity index (χ0) is 17.8. The number of halogens is 3. The molecular formula is C17H12Cl3N3O2. The molecule has 3 aromatic rings. The van der Waals surface area contributed by atoms with Gasteiger partial charge in [-0.3, -0.25) is 4.79 Å². The molecule has 25 heavy (non-hydrogen) atoms. The fourth-order valence-corrected chi connectivity index (χ4v) is 2.82. The van der Waals surface area contributed by atoms with E-state index in [0.717, 1.165) is 5.56 Å². The van der Waals surface area contributed by atoms with Gasteiger partial charge in [0.25, 0.3) is 0 Å². The van der Waals surface area contributed by atoms with Crippen molar-refractivity contribution in [1.82, 2.24) is 10.1 Å². The standard InChI is InChI=1S/C17H12Cl3N3O2/c18-11-4-1-3-10(9-11)17-22-15(25-23-17)8-7-14(24)21-16-12(19)5-2-6-13(16)20/h1-6,9H,7-8H2,(H,21,24). The number of benzene rings is 2. The summed E-state index contributed by atoms with van der Waals surface area (Å²) in [5.74, 6) is 0.528. The number of hydrogen-bond donors (Lipinski definition) is 1. The molecule has 1 N–H and O–H groups in total. The van der Waals surface area contributed by atoms with E-state index in [0.29, 0.717) is 38.9 Å². The zero-order valence-corrected chi connectivity index (χ0v) is 15.1. The number of para-hydroxylation sites is 1. The quantitative estimate of drug-likeness (QED) is 0.638. The van der Waals surface area contributed by atoms with Gasteiger partial charge in [0.2, 0.25) is 17.6 Å². The van der Waals surface area contributed by atoms with E-state index in [1.165, 1.54) is 0 Å². The Hall–Kier alpha value is -2.08. The lowest BCUT2D eigenvalue weighted by molar-refractivity contribution is -0.116. The van der Waals surface area contributed by atoms with Crippen LogP contribution in [0.15, 0.2) is 47.0 Å². The Bertz CT molecular complexity index is 891. The van der Waals surface area contributed by atoms with Crippen LogP contribution in [0.2, 0.25) is 15.1 Å². The Morgan fingerprint density at radius 2 is 1.80 bits per heavy atom. The van der Waals surface area contributed by atoms with Crippen LogP contribution in [0.4, 0.5) is 5.69 Å². The van der Waals surface area contributed by atoms with Crippen molar-refractivity contribution in [3.63, 3.8) is 0 Å². The first kappa shape index (κ1) is 17.7. The van der Waals surface area contributed by atoms with E-state index in [4.69, 9.17) is 39.3 Å². The van der Waals surface area contributed by atoms with E-state index in [1.807, 2.05) is 6.07 Å². The van der Waals surface area contributed by atoms with Crippen molar-refractivity contribution in [3.05, 3.63) is 63.4 Å². The fourth-order valence-electron chi connectivity index (χ4n) is 2.14. The van der Waals surface area contributed by atoms with Crippen molar-refractivity contribution in [2.24, 2.45) is 0 Å². The van der Waals surface area contributed by atoms with Crippen LogP contribution < -0.4 is 5.32 Å². The summed E-state index contributed by atoms with van der Waals surface area (Å²) in [6.45, 7) is 0. The predicted octanol–water partition coefficient (Wildman–Crippen LogP) is 5.27. The Kier molecular flexibility index (Phi) is 5.58. The minimum atomic E-state index is -0.252. The molecule has 0 saturated carbocycles. The molecule has 0 radical (unpaired) electrons. The summed E-state index contributed by atoms with van der Waals surface area (Å²) in [5, 5.41) is 7.92. The van der Waals surface area contributed by atoms with Gasteiger partial charge in [-0.15, -0.1) is 0 Å². The van der Waals surface area contributed by atoms with Gasteiger partial charge in [0.15, 0.2) is 0 Å². The molecular weight excluding hydrogens is 385 g/mol. The lowest BCUT2D eigenvalue weighted by Crippen LogP contribution is -2.13. The van der Waals surface area contributed by atoms with Crippen molar-refractivity contribution < 1.29 is 9.32 Å². The summed E-state index contributed by atoms with van der Waals surface area (Å²) in [6, 6.07) is 12.1. The van der Waals surface area contributed by atoms with Crippen LogP contribution in [-0.4, -0.2) is 16.0 Å². The highest BCUT2D eigenvalue weighted by atomic mass is 35.5. The second kappa shape index (κ2) is 7.87. The van der Waals surface area contributed by atoms with Crippen LogP contribution in [0.25, 0.3) is 11.4 Å². The number of carbonyl (C=O) groups excluding carboxylic acids is 1. The third kappa shape index (κ3) is 4.51. The highest BCUT2D eigenvalue weighted by Gasteiger charge is 2.13. The van der Waals surface area contributed by atoms with Gasteiger partial charge in [0, 0.05) is 23.4 Å². The summed E-state index contributed by atoms with van der Waals surface area (Å²) in [7, 11) is 0. The topological polar surface area (TPSA) is 68.0 Å². The van der Waals surface area contributed by atoms with Crippen molar-refractivity contribution in [3.8, 4) is 11.4 Å². The van der Waals surface area contributed by atoms with E-state index in [-0.39, 0.29) is 12.3 Å². The highest BCUT2D eigenvalue weighted by molar-refractivity contribution is 6.39. The molecule has 0 aliphatic rings. The van der Waals surface area contributed by atoms with Crippen LogP contribution in [0.3, 0.4) is 0 Å². The molecule has 2 aromatic carbocycles. The van der Waals surface area contributed by atoms with E-state index in [1.54, 1.807) is 36.4 Å². The van der Waals surface area contributed by atoms with Gasteiger partial charge in [-0.05, 0) is 24.3 Å². The first-order valence-electron chi connectivity index (χ1n) is 7.35. The number of amides is 1. The van der Waals surface area contributed by atoms with Gasteiger partial charge in [-0.1, -0.05) is 58.2 Å². The summed E-state index contributed by atoms with van der Waals surface area (Å²) < 4.78 is 5.17. The van der Waals surface area contributed by atoms with Crippen molar-refractivity contribution in [1.29, 1.82) is 0 Å².